The quantitative estimate of drug-likeness (QED) is 0.797. The zero-order valence-electron chi connectivity index (χ0n) is 11.5. The first-order valence-corrected chi connectivity index (χ1v) is 7.34. The summed E-state index contributed by atoms with van der Waals surface area (Å²) in [6.45, 7) is 0.849. The number of nitrogens with one attached hydrogen (secondary N) is 1. The van der Waals surface area contributed by atoms with Crippen LogP contribution < -0.4 is 10.2 Å². The van der Waals surface area contributed by atoms with Crippen LogP contribution in [-0.4, -0.2) is 24.1 Å². The number of nitrogens with zero attached hydrogens (tertiary/aromatic N) is 3. The summed E-state index contributed by atoms with van der Waals surface area (Å²) in [4.78, 5) is 12.6. The molecule has 0 unspecified atom stereocenters. The van der Waals surface area contributed by atoms with Gasteiger partial charge in [0, 0.05) is 24.4 Å². The van der Waals surface area contributed by atoms with Gasteiger partial charge >= 0.3 is 0 Å². The molecule has 0 radical (unpaired) electrons. The van der Waals surface area contributed by atoms with Crippen LogP contribution in [0.1, 0.15) is 4.88 Å². The van der Waals surface area contributed by atoms with Gasteiger partial charge in [0.1, 0.15) is 5.82 Å². The first-order chi connectivity index (χ1) is 9.78. The molecule has 0 spiro atoms. The van der Waals surface area contributed by atoms with Gasteiger partial charge in [0.2, 0.25) is 5.95 Å². The van der Waals surface area contributed by atoms with Crippen LogP contribution in [0, 0.1) is 0 Å². The number of benzene rings is 1. The van der Waals surface area contributed by atoms with E-state index in [1.165, 1.54) is 4.88 Å². The van der Waals surface area contributed by atoms with E-state index in [1.807, 2.05) is 25.2 Å². The number of thiophene rings is 1. The van der Waals surface area contributed by atoms with E-state index < -0.39 is 0 Å². The van der Waals surface area contributed by atoms with Crippen LogP contribution in [0.4, 0.5) is 11.8 Å². The highest BCUT2D eigenvalue weighted by molar-refractivity contribution is 7.09. The molecule has 3 rings (SSSR count). The van der Waals surface area contributed by atoms with E-state index in [2.05, 4.69) is 50.8 Å². The van der Waals surface area contributed by atoms with Gasteiger partial charge in [-0.15, -0.1) is 11.3 Å². The van der Waals surface area contributed by atoms with Gasteiger partial charge in [-0.25, -0.2) is 4.98 Å². The minimum Gasteiger partial charge on any atom is -0.357 e. The van der Waals surface area contributed by atoms with Crippen molar-refractivity contribution in [2.45, 2.75) is 6.54 Å². The zero-order valence-corrected chi connectivity index (χ0v) is 12.3. The zero-order chi connectivity index (χ0) is 13.9. The molecule has 20 heavy (non-hydrogen) atoms. The maximum absolute atomic E-state index is 4.61. The molecule has 2 heterocycles. The predicted molar refractivity (Wildman–Crippen MR) is 85.5 cm³/mol. The molecule has 0 saturated carbocycles. The third-order valence-electron chi connectivity index (χ3n) is 3.14. The lowest BCUT2D eigenvalue weighted by atomic mass is 10.2. The summed E-state index contributed by atoms with van der Waals surface area (Å²) in [6, 6.07) is 12.3. The Kier molecular flexibility index (Phi) is 3.52. The maximum atomic E-state index is 4.61. The molecule has 102 valence electrons. The molecule has 0 aliphatic carbocycles. The molecule has 0 atom stereocenters. The molecule has 0 fully saturated rings. The Balaban J connectivity index is 2.04. The van der Waals surface area contributed by atoms with Gasteiger partial charge < -0.3 is 10.2 Å². The Morgan fingerprint density at radius 3 is 2.75 bits per heavy atom. The van der Waals surface area contributed by atoms with E-state index in [4.69, 9.17) is 0 Å². The van der Waals surface area contributed by atoms with Gasteiger partial charge in [-0.3, -0.25) is 0 Å². The van der Waals surface area contributed by atoms with Crippen LogP contribution in [-0.2, 0) is 6.54 Å². The number of aromatic nitrogens is 2. The number of rotatable bonds is 4. The maximum Gasteiger partial charge on any atom is 0.224 e. The van der Waals surface area contributed by atoms with Gasteiger partial charge in [0.25, 0.3) is 0 Å². The first kappa shape index (κ1) is 12.9. The summed E-state index contributed by atoms with van der Waals surface area (Å²) in [6.07, 6.45) is 0. The molecule has 2 aromatic heterocycles. The fourth-order valence-corrected chi connectivity index (χ4v) is 2.93. The minimum absolute atomic E-state index is 0.650. The van der Waals surface area contributed by atoms with Crippen LogP contribution in [0.15, 0.2) is 41.8 Å². The molecule has 3 aromatic rings. The second-order valence-corrected chi connectivity index (χ2v) is 5.61. The molecule has 0 amide bonds. The fraction of sp³-hybridized carbons (Fsp3) is 0.200. The van der Waals surface area contributed by atoms with Crippen molar-refractivity contribution in [2.24, 2.45) is 0 Å². The van der Waals surface area contributed by atoms with E-state index in [9.17, 15) is 0 Å². The van der Waals surface area contributed by atoms with Crippen molar-refractivity contribution in [1.29, 1.82) is 0 Å². The van der Waals surface area contributed by atoms with E-state index in [0.29, 0.717) is 5.95 Å². The summed E-state index contributed by atoms with van der Waals surface area (Å²) in [5.74, 6) is 1.60. The normalized spacial score (nSPS) is 10.7. The van der Waals surface area contributed by atoms with Crippen LogP contribution >= 0.6 is 11.3 Å². The van der Waals surface area contributed by atoms with Crippen LogP contribution in [0.3, 0.4) is 0 Å². The largest absolute Gasteiger partial charge is 0.357 e. The van der Waals surface area contributed by atoms with Gasteiger partial charge in [-0.05, 0) is 23.6 Å². The summed E-state index contributed by atoms with van der Waals surface area (Å²) >= 11 is 1.76. The SMILES string of the molecule is CNc1nc(N(C)Cc2cccs2)c2ccccc2n1. The monoisotopic (exact) mass is 284 g/mol. The molecular weight excluding hydrogens is 268 g/mol. The molecule has 1 aromatic carbocycles. The summed E-state index contributed by atoms with van der Waals surface area (Å²) < 4.78 is 0. The van der Waals surface area contributed by atoms with Crippen molar-refractivity contribution >= 4 is 34.0 Å². The summed E-state index contributed by atoms with van der Waals surface area (Å²) in [5, 5.41) is 6.20. The summed E-state index contributed by atoms with van der Waals surface area (Å²) in [5.41, 5.74) is 0.958. The number of hydrogen-bond donors (Lipinski definition) is 1. The fourth-order valence-electron chi connectivity index (χ4n) is 2.17. The molecule has 0 bridgehead atoms. The average Bonchev–Trinajstić information content (AvgIpc) is 2.98. The van der Waals surface area contributed by atoms with E-state index >= 15 is 0 Å². The highest BCUT2D eigenvalue weighted by Gasteiger charge is 2.11. The number of hydrogen-bond acceptors (Lipinski definition) is 5. The van der Waals surface area contributed by atoms with Crippen molar-refractivity contribution in [1.82, 2.24) is 9.97 Å². The highest BCUT2D eigenvalue weighted by Crippen LogP contribution is 2.26. The summed E-state index contributed by atoms with van der Waals surface area (Å²) in [7, 11) is 3.90. The van der Waals surface area contributed by atoms with Crippen LogP contribution in [0.25, 0.3) is 10.9 Å². The highest BCUT2D eigenvalue weighted by atomic mass is 32.1. The van der Waals surface area contributed by atoms with Gasteiger partial charge in [-0.1, -0.05) is 18.2 Å². The molecule has 4 nitrogen and oxygen atoms in total. The Bertz CT molecular complexity index is 709. The van der Waals surface area contributed by atoms with Crippen LogP contribution in [0.5, 0.6) is 0 Å². The Morgan fingerprint density at radius 2 is 2.00 bits per heavy atom. The van der Waals surface area contributed by atoms with Crippen molar-refractivity contribution < 1.29 is 0 Å². The topological polar surface area (TPSA) is 41.1 Å². The Morgan fingerprint density at radius 1 is 1.15 bits per heavy atom. The minimum atomic E-state index is 0.650. The average molecular weight is 284 g/mol. The Hall–Kier alpha value is -2.14. The number of para-hydroxylation sites is 1. The predicted octanol–water partition coefficient (Wildman–Crippen LogP) is 3.37. The number of fused-ring (bicyclic) bond motifs is 1. The smallest absolute Gasteiger partial charge is 0.224 e. The molecular formula is C15H16N4S. The lowest BCUT2D eigenvalue weighted by Gasteiger charge is -2.19. The molecule has 0 aliphatic rings. The number of anilines is 2. The Labute approximate surface area is 122 Å². The lowest BCUT2D eigenvalue weighted by Crippen LogP contribution is -2.18. The van der Waals surface area contributed by atoms with Crippen molar-refractivity contribution in [3.05, 3.63) is 46.7 Å². The van der Waals surface area contributed by atoms with Crippen molar-refractivity contribution in [2.75, 3.05) is 24.3 Å². The lowest BCUT2D eigenvalue weighted by molar-refractivity contribution is 0.916. The molecule has 1 N–H and O–H groups in total. The van der Waals surface area contributed by atoms with Gasteiger partial charge in [-0.2, -0.15) is 4.98 Å². The third kappa shape index (κ3) is 2.44. The first-order valence-electron chi connectivity index (χ1n) is 6.46. The van der Waals surface area contributed by atoms with E-state index in [-0.39, 0.29) is 0 Å². The van der Waals surface area contributed by atoms with Crippen molar-refractivity contribution in [3.8, 4) is 0 Å². The molecule has 0 aliphatic heterocycles. The third-order valence-corrected chi connectivity index (χ3v) is 4.00. The van der Waals surface area contributed by atoms with E-state index in [1.54, 1.807) is 11.3 Å². The second kappa shape index (κ2) is 5.46. The van der Waals surface area contributed by atoms with Gasteiger partial charge in [0.15, 0.2) is 0 Å². The van der Waals surface area contributed by atoms with E-state index in [0.717, 1.165) is 23.3 Å². The molecule has 5 heteroatoms. The standard InChI is InChI=1S/C15H16N4S/c1-16-15-17-13-8-4-3-7-12(13)14(18-15)19(2)10-11-6-5-9-20-11/h3-9H,10H2,1-2H3,(H,16,17,18). The van der Waals surface area contributed by atoms with Gasteiger partial charge in [0.05, 0.1) is 12.1 Å². The molecule has 0 saturated heterocycles. The second-order valence-electron chi connectivity index (χ2n) is 4.57. The van der Waals surface area contributed by atoms with Crippen LogP contribution in [0.2, 0.25) is 0 Å². The van der Waals surface area contributed by atoms with Crippen molar-refractivity contribution in [3.63, 3.8) is 0 Å².